The van der Waals surface area contributed by atoms with Crippen molar-refractivity contribution in [2.45, 2.75) is 4.90 Å². The van der Waals surface area contributed by atoms with Crippen LogP contribution in [0.25, 0.3) is 0 Å². The second-order valence-electron chi connectivity index (χ2n) is 5.36. The molecule has 25 heavy (non-hydrogen) atoms. The molecule has 1 heterocycles. The van der Waals surface area contributed by atoms with Gasteiger partial charge >= 0.3 is 0 Å². The average molecular weight is 361 g/mol. The lowest BCUT2D eigenvalue weighted by Gasteiger charge is -2.28. The predicted octanol–water partition coefficient (Wildman–Crippen LogP) is 0.698. The molecule has 8 nitrogen and oxygen atoms in total. The van der Waals surface area contributed by atoms with Crippen LogP contribution >= 0.6 is 0 Å². The van der Waals surface area contributed by atoms with Crippen LogP contribution < -0.4 is 20.1 Å². The van der Waals surface area contributed by atoms with Crippen molar-refractivity contribution in [2.75, 3.05) is 23.4 Å². The fraction of sp³-hybridized carbons (Fsp3) is 0.125. The van der Waals surface area contributed by atoms with Crippen molar-refractivity contribution in [1.29, 1.82) is 0 Å². The Labute approximate surface area is 144 Å². The van der Waals surface area contributed by atoms with Gasteiger partial charge < -0.3 is 10.1 Å². The van der Waals surface area contributed by atoms with Crippen LogP contribution in [-0.2, 0) is 19.6 Å². The summed E-state index contributed by atoms with van der Waals surface area (Å²) in [5, 5.41) is 7.63. The van der Waals surface area contributed by atoms with E-state index in [4.69, 9.17) is 9.88 Å². The van der Waals surface area contributed by atoms with Gasteiger partial charge in [0.25, 0.3) is 5.91 Å². The van der Waals surface area contributed by atoms with Gasteiger partial charge in [0.1, 0.15) is 12.3 Å². The van der Waals surface area contributed by atoms with Crippen LogP contribution in [-0.4, -0.2) is 33.4 Å². The van der Waals surface area contributed by atoms with Gasteiger partial charge in [-0.25, -0.2) is 13.6 Å². The van der Waals surface area contributed by atoms with Gasteiger partial charge in [-0.2, -0.15) is 0 Å². The molecule has 0 unspecified atom stereocenters. The lowest BCUT2D eigenvalue weighted by atomic mass is 10.2. The summed E-state index contributed by atoms with van der Waals surface area (Å²) in [6.07, 6.45) is 0. The highest BCUT2D eigenvalue weighted by atomic mass is 32.2. The number of nitrogens with zero attached hydrogens (tertiary/aromatic N) is 1. The van der Waals surface area contributed by atoms with Crippen molar-refractivity contribution in [3.63, 3.8) is 0 Å². The van der Waals surface area contributed by atoms with Crippen LogP contribution in [0.1, 0.15) is 0 Å². The molecule has 2 aromatic carbocycles. The number of nitrogens with one attached hydrogen (secondary N) is 1. The predicted molar refractivity (Wildman–Crippen MR) is 90.7 cm³/mol. The van der Waals surface area contributed by atoms with E-state index < -0.39 is 15.9 Å². The molecular formula is C16H15N3O5S. The van der Waals surface area contributed by atoms with Gasteiger partial charge in [0.2, 0.25) is 15.9 Å². The van der Waals surface area contributed by atoms with Gasteiger partial charge in [0.15, 0.2) is 6.61 Å². The monoisotopic (exact) mass is 361 g/mol. The molecule has 0 spiro atoms. The SMILES string of the molecule is NS(=O)(=O)c1cccc(NC(=O)CN2C(=O)COc3ccccc32)c1. The molecule has 0 bridgehead atoms. The Kier molecular flexibility index (Phi) is 4.43. The lowest BCUT2D eigenvalue weighted by molar-refractivity contribution is -0.123. The summed E-state index contributed by atoms with van der Waals surface area (Å²) in [7, 11) is -3.87. The summed E-state index contributed by atoms with van der Waals surface area (Å²) in [6.45, 7) is -0.371. The second kappa shape index (κ2) is 6.54. The second-order valence-corrected chi connectivity index (χ2v) is 6.92. The van der Waals surface area contributed by atoms with Crippen molar-refractivity contribution in [3.05, 3.63) is 48.5 Å². The first kappa shape index (κ1) is 16.9. The van der Waals surface area contributed by atoms with Gasteiger partial charge in [0, 0.05) is 5.69 Å². The quantitative estimate of drug-likeness (QED) is 0.831. The molecule has 0 aromatic heterocycles. The minimum absolute atomic E-state index is 0.113. The van der Waals surface area contributed by atoms with Crippen molar-refractivity contribution < 1.29 is 22.7 Å². The van der Waals surface area contributed by atoms with Crippen LogP contribution in [0.4, 0.5) is 11.4 Å². The smallest absolute Gasteiger partial charge is 0.265 e. The Hall–Kier alpha value is -2.91. The summed E-state index contributed by atoms with van der Waals surface area (Å²) in [4.78, 5) is 25.5. The van der Waals surface area contributed by atoms with E-state index in [1.165, 1.54) is 29.2 Å². The molecule has 3 rings (SSSR count). The Morgan fingerprint density at radius 2 is 1.96 bits per heavy atom. The maximum atomic E-state index is 12.3. The zero-order chi connectivity index (χ0) is 18.0. The summed E-state index contributed by atoms with van der Waals surface area (Å²) < 4.78 is 28.0. The maximum Gasteiger partial charge on any atom is 0.265 e. The molecule has 1 aliphatic heterocycles. The number of ether oxygens (including phenoxy) is 1. The van der Waals surface area contributed by atoms with Crippen molar-refractivity contribution in [1.82, 2.24) is 0 Å². The maximum absolute atomic E-state index is 12.3. The van der Waals surface area contributed by atoms with Gasteiger partial charge in [-0.15, -0.1) is 0 Å². The molecule has 130 valence electrons. The molecule has 2 amide bonds. The van der Waals surface area contributed by atoms with Crippen molar-refractivity contribution in [3.8, 4) is 5.75 Å². The number of anilines is 2. The summed E-state index contributed by atoms with van der Waals surface area (Å²) >= 11 is 0. The highest BCUT2D eigenvalue weighted by molar-refractivity contribution is 7.89. The fourth-order valence-electron chi connectivity index (χ4n) is 2.42. The number of carbonyl (C=O) groups is 2. The third-order valence-electron chi connectivity index (χ3n) is 3.56. The molecule has 3 N–H and O–H groups in total. The number of hydrogen-bond acceptors (Lipinski definition) is 5. The molecule has 0 atom stereocenters. The molecule has 2 aromatic rings. The molecule has 0 fully saturated rings. The number of para-hydroxylation sites is 2. The highest BCUT2D eigenvalue weighted by Gasteiger charge is 2.27. The molecule has 0 radical (unpaired) electrons. The largest absolute Gasteiger partial charge is 0.482 e. The minimum atomic E-state index is -3.87. The third kappa shape index (κ3) is 3.78. The van der Waals surface area contributed by atoms with E-state index in [2.05, 4.69) is 5.32 Å². The Morgan fingerprint density at radius 1 is 1.20 bits per heavy atom. The average Bonchev–Trinajstić information content (AvgIpc) is 2.57. The summed E-state index contributed by atoms with van der Waals surface area (Å²) in [6, 6.07) is 12.5. The van der Waals surface area contributed by atoms with E-state index in [-0.39, 0.29) is 29.6 Å². The number of sulfonamides is 1. The van der Waals surface area contributed by atoms with Gasteiger partial charge in [-0.1, -0.05) is 18.2 Å². The molecular weight excluding hydrogens is 346 g/mol. The number of nitrogens with two attached hydrogens (primary N) is 1. The zero-order valence-corrected chi connectivity index (χ0v) is 13.8. The number of rotatable bonds is 4. The minimum Gasteiger partial charge on any atom is -0.482 e. The Bertz CT molecular complexity index is 942. The Morgan fingerprint density at radius 3 is 2.72 bits per heavy atom. The van der Waals surface area contributed by atoms with E-state index in [1.54, 1.807) is 24.3 Å². The number of primary sulfonamides is 1. The van der Waals surface area contributed by atoms with E-state index in [0.29, 0.717) is 11.4 Å². The standard InChI is InChI=1S/C16H15N3O5S/c17-25(22,23)12-5-3-4-11(8-12)18-15(20)9-19-13-6-1-2-7-14(13)24-10-16(19)21/h1-8H,9-10H2,(H,18,20)(H2,17,22,23). The molecule has 1 aliphatic rings. The van der Waals surface area contributed by atoms with E-state index in [0.717, 1.165) is 0 Å². The normalized spacial score (nSPS) is 13.8. The van der Waals surface area contributed by atoms with E-state index in [9.17, 15) is 18.0 Å². The fourth-order valence-corrected chi connectivity index (χ4v) is 2.98. The zero-order valence-electron chi connectivity index (χ0n) is 13.0. The number of hydrogen-bond donors (Lipinski definition) is 2. The van der Waals surface area contributed by atoms with Crippen molar-refractivity contribution >= 4 is 33.2 Å². The van der Waals surface area contributed by atoms with Crippen LogP contribution in [0.3, 0.4) is 0 Å². The van der Waals surface area contributed by atoms with Crippen LogP contribution in [0.5, 0.6) is 5.75 Å². The number of benzene rings is 2. The van der Waals surface area contributed by atoms with Crippen LogP contribution in [0.2, 0.25) is 0 Å². The third-order valence-corrected chi connectivity index (χ3v) is 4.47. The molecule has 0 aliphatic carbocycles. The first-order chi connectivity index (χ1) is 11.8. The topological polar surface area (TPSA) is 119 Å². The van der Waals surface area contributed by atoms with E-state index >= 15 is 0 Å². The molecule has 0 saturated heterocycles. The number of amides is 2. The van der Waals surface area contributed by atoms with Gasteiger partial charge in [-0.3, -0.25) is 14.5 Å². The number of fused-ring (bicyclic) bond motifs is 1. The summed E-state index contributed by atoms with van der Waals surface area (Å²) in [5.74, 6) is -0.296. The van der Waals surface area contributed by atoms with Crippen molar-refractivity contribution in [2.24, 2.45) is 5.14 Å². The van der Waals surface area contributed by atoms with E-state index in [1.807, 2.05) is 0 Å². The molecule has 0 saturated carbocycles. The summed E-state index contributed by atoms with van der Waals surface area (Å²) in [5.41, 5.74) is 0.776. The van der Waals surface area contributed by atoms with Gasteiger partial charge in [0.05, 0.1) is 10.6 Å². The molecule has 9 heteroatoms. The number of carbonyl (C=O) groups excluding carboxylic acids is 2. The first-order valence-electron chi connectivity index (χ1n) is 7.29. The Balaban J connectivity index is 1.76. The van der Waals surface area contributed by atoms with Gasteiger partial charge in [-0.05, 0) is 30.3 Å². The first-order valence-corrected chi connectivity index (χ1v) is 8.84. The van der Waals surface area contributed by atoms with Crippen LogP contribution in [0, 0.1) is 0 Å². The highest BCUT2D eigenvalue weighted by Crippen LogP contribution is 2.31. The lowest BCUT2D eigenvalue weighted by Crippen LogP contribution is -2.43. The van der Waals surface area contributed by atoms with Crippen LogP contribution in [0.15, 0.2) is 53.4 Å².